The first-order valence-electron chi connectivity index (χ1n) is 11.5. The summed E-state index contributed by atoms with van der Waals surface area (Å²) in [6.07, 6.45) is 5.63. The SMILES string of the molecule is CCCCCC(C[SiH2][Ti]([NH]C(C)(C)C)[C]1=C(C)C(C)=C(C)C1C)OC(C)(C)C.Cl.Cl. The molecule has 0 heterocycles. The van der Waals surface area contributed by atoms with Gasteiger partial charge in [-0.25, -0.2) is 0 Å². The summed E-state index contributed by atoms with van der Waals surface area (Å²) >= 11 is -1.46. The van der Waals surface area contributed by atoms with Crippen molar-refractivity contribution in [1.82, 2.24) is 3.80 Å². The number of halogens is 2. The molecule has 1 aliphatic carbocycles. The normalized spacial score (nSPS) is 18.7. The van der Waals surface area contributed by atoms with Crippen LogP contribution in [-0.2, 0) is 22.1 Å². The summed E-state index contributed by atoms with van der Waals surface area (Å²) in [5, 5.41) is 0. The Balaban J connectivity index is 0. The molecule has 0 aromatic rings. The molecule has 2 unspecified atom stereocenters. The van der Waals surface area contributed by atoms with Crippen molar-refractivity contribution < 1.29 is 22.1 Å². The van der Waals surface area contributed by atoms with Gasteiger partial charge in [0, 0.05) is 0 Å². The third kappa shape index (κ3) is 11.2. The van der Waals surface area contributed by atoms with Crippen molar-refractivity contribution in [3.05, 3.63) is 20.6 Å². The van der Waals surface area contributed by atoms with Crippen molar-refractivity contribution in [3.63, 3.8) is 0 Å². The fourth-order valence-corrected chi connectivity index (χ4v) is 18.7. The minimum atomic E-state index is -1.46. The molecule has 30 heavy (non-hydrogen) atoms. The van der Waals surface area contributed by atoms with E-state index in [0.29, 0.717) is 12.0 Å². The molecule has 0 amide bonds. The largest absolute Gasteiger partial charge is 0.147 e. The van der Waals surface area contributed by atoms with Gasteiger partial charge in [-0.2, -0.15) is 0 Å². The standard InChI is InChI=1S/C11H25OSi.C9H13.C4H10N.2ClH.Ti/c1-5-6-7-8-10(9-13)12-11(2,3)4;1-6-5-7(2)9(4)8(6)3;1-4(2,3)5;;;/h10H,5-9,13H2,1-4H3;6H,1-4H3;5H,1-3H3;2*1H;/q;;-1;;;+1. The number of rotatable bonds is 10. The fourth-order valence-electron chi connectivity index (χ4n) is 4.26. The van der Waals surface area contributed by atoms with Crippen LogP contribution < -0.4 is 3.80 Å². The second kappa shape index (κ2) is 14.2. The van der Waals surface area contributed by atoms with Crippen LogP contribution in [0.2, 0.25) is 6.04 Å². The van der Waals surface area contributed by atoms with Gasteiger partial charge < -0.3 is 0 Å². The monoisotopic (exact) mass is 514 g/mol. The van der Waals surface area contributed by atoms with Crippen LogP contribution in [0.5, 0.6) is 0 Å². The molecule has 0 saturated carbocycles. The van der Waals surface area contributed by atoms with E-state index < -0.39 is 17.4 Å². The van der Waals surface area contributed by atoms with Gasteiger partial charge in [0.05, 0.1) is 0 Å². The van der Waals surface area contributed by atoms with Crippen LogP contribution in [0.4, 0.5) is 0 Å². The molecule has 1 aliphatic rings. The van der Waals surface area contributed by atoms with Gasteiger partial charge in [0.15, 0.2) is 0 Å². The number of unbranched alkanes of at least 4 members (excludes halogenated alkanes) is 2. The molecule has 0 fully saturated rings. The van der Waals surface area contributed by atoms with Crippen LogP contribution in [0.1, 0.15) is 102 Å². The summed E-state index contributed by atoms with van der Waals surface area (Å²) < 4.78 is 12.5. The number of ether oxygens (including phenoxy) is 1. The zero-order valence-electron chi connectivity index (χ0n) is 21.6. The molecule has 6 heteroatoms. The summed E-state index contributed by atoms with van der Waals surface area (Å²) in [6.45, 7) is 25.5. The molecule has 0 aromatic heterocycles. The second-order valence-electron chi connectivity index (χ2n) is 10.8. The first-order valence-corrected chi connectivity index (χ1v) is 18.1. The van der Waals surface area contributed by atoms with Gasteiger partial charge in [0.1, 0.15) is 0 Å². The Labute approximate surface area is 208 Å². The molecule has 2 nitrogen and oxygen atoms in total. The van der Waals surface area contributed by atoms with Crippen LogP contribution in [0, 0.1) is 5.92 Å². The van der Waals surface area contributed by atoms with Crippen molar-refractivity contribution in [3.8, 4) is 0 Å². The third-order valence-corrected chi connectivity index (χ3v) is 17.2. The predicted molar refractivity (Wildman–Crippen MR) is 140 cm³/mol. The maximum atomic E-state index is 6.53. The van der Waals surface area contributed by atoms with Crippen molar-refractivity contribution in [2.45, 2.75) is 125 Å². The van der Waals surface area contributed by atoms with E-state index in [-0.39, 0.29) is 43.3 Å². The summed E-state index contributed by atoms with van der Waals surface area (Å²) in [7, 11) is -0.197. The van der Waals surface area contributed by atoms with Gasteiger partial charge in [0.2, 0.25) is 0 Å². The van der Waals surface area contributed by atoms with Crippen molar-refractivity contribution in [2.75, 3.05) is 0 Å². The Kier molecular flexibility index (Phi) is 15.7. The zero-order chi connectivity index (χ0) is 21.7. The first kappa shape index (κ1) is 33.1. The smallest absolute Gasteiger partial charge is 0.147 e. The molecule has 2 atom stereocenters. The molecule has 0 radical (unpaired) electrons. The molecular weight excluding hydrogens is 465 g/mol. The van der Waals surface area contributed by atoms with E-state index in [1.807, 2.05) is 3.88 Å². The van der Waals surface area contributed by atoms with Crippen LogP contribution in [0.3, 0.4) is 0 Å². The average molecular weight is 516 g/mol. The van der Waals surface area contributed by atoms with E-state index in [9.17, 15) is 0 Å². The molecular formula is C24H50Cl2NOSiTi. The van der Waals surface area contributed by atoms with Gasteiger partial charge in [-0.3, -0.25) is 0 Å². The molecule has 0 saturated heterocycles. The quantitative estimate of drug-likeness (QED) is 0.244. The van der Waals surface area contributed by atoms with Crippen LogP contribution in [0.25, 0.3) is 0 Å². The minimum Gasteiger partial charge on any atom is -0.147 e. The fraction of sp³-hybridized carbons (Fsp3) is 0.833. The average Bonchev–Trinajstić information content (AvgIpc) is 2.73. The van der Waals surface area contributed by atoms with Crippen molar-refractivity contribution >= 4 is 32.2 Å². The van der Waals surface area contributed by atoms with E-state index in [1.54, 1.807) is 16.7 Å². The molecule has 1 rings (SSSR count). The zero-order valence-corrected chi connectivity index (χ0v) is 26.2. The molecule has 0 aliphatic heterocycles. The van der Waals surface area contributed by atoms with Crippen LogP contribution >= 0.6 is 24.8 Å². The molecule has 179 valence electrons. The maximum absolute atomic E-state index is 6.53. The van der Waals surface area contributed by atoms with E-state index in [1.165, 1.54) is 31.7 Å². The van der Waals surface area contributed by atoms with E-state index >= 15 is 0 Å². The van der Waals surface area contributed by atoms with E-state index in [2.05, 4.69) is 80.0 Å². The summed E-state index contributed by atoms with van der Waals surface area (Å²) in [5.74, 6) is 0.652. The van der Waals surface area contributed by atoms with Crippen molar-refractivity contribution in [1.29, 1.82) is 0 Å². The molecule has 0 spiro atoms. The first-order chi connectivity index (χ1) is 12.8. The summed E-state index contributed by atoms with van der Waals surface area (Å²) in [5.41, 5.74) is 4.95. The van der Waals surface area contributed by atoms with Gasteiger partial charge in [0.25, 0.3) is 0 Å². The van der Waals surface area contributed by atoms with E-state index in [0.717, 1.165) is 0 Å². The van der Waals surface area contributed by atoms with Gasteiger partial charge in [-0.1, -0.05) is 0 Å². The number of allylic oxidation sites excluding steroid dienone is 4. The predicted octanol–water partition coefficient (Wildman–Crippen LogP) is 7.28. The van der Waals surface area contributed by atoms with E-state index in [4.69, 9.17) is 4.74 Å². The van der Waals surface area contributed by atoms with Gasteiger partial charge in [-0.05, 0) is 0 Å². The topological polar surface area (TPSA) is 21.3 Å². The Morgan fingerprint density at radius 3 is 1.97 bits per heavy atom. The second-order valence-corrected chi connectivity index (χ2v) is 19.9. The summed E-state index contributed by atoms with van der Waals surface area (Å²) in [4.78, 5) is 0. The molecule has 1 N–H and O–H groups in total. The molecule has 0 bridgehead atoms. The minimum absolute atomic E-state index is 0. The van der Waals surface area contributed by atoms with Gasteiger partial charge in [-0.15, -0.1) is 24.8 Å². The summed E-state index contributed by atoms with van der Waals surface area (Å²) in [6, 6.07) is 1.33. The Hall–Kier alpha value is 0.911. The third-order valence-electron chi connectivity index (χ3n) is 5.86. The maximum Gasteiger partial charge on any atom is -0.147 e. The Morgan fingerprint density at radius 2 is 1.57 bits per heavy atom. The van der Waals surface area contributed by atoms with Crippen LogP contribution in [-0.4, -0.2) is 24.6 Å². The Bertz CT molecular complexity index is 579. The van der Waals surface area contributed by atoms with Gasteiger partial charge >= 0.3 is 185 Å². The number of hydrogen-bond acceptors (Lipinski definition) is 2. The van der Waals surface area contributed by atoms with Crippen molar-refractivity contribution in [2.24, 2.45) is 5.92 Å². The number of hydrogen-bond donors (Lipinski definition) is 1. The Morgan fingerprint density at radius 1 is 1.00 bits per heavy atom. The number of nitrogens with one attached hydrogen (secondary N) is 1. The molecule has 0 aromatic carbocycles. The van der Waals surface area contributed by atoms with Crippen LogP contribution in [0.15, 0.2) is 20.6 Å².